The van der Waals surface area contributed by atoms with Crippen LogP contribution in [0.2, 0.25) is 0 Å². The maximum absolute atomic E-state index is 12.1. The summed E-state index contributed by atoms with van der Waals surface area (Å²) in [5, 5.41) is 0. The van der Waals surface area contributed by atoms with Gasteiger partial charge in [0.05, 0.1) is 26.1 Å². The quantitative estimate of drug-likeness (QED) is 0.807. The highest BCUT2D eigenvalue weighted by molar-refractivity contribution is 5.96. The van der Waals surface area contributed by atoms with Crippen LogP contribution in [0.3, 0.4) is 0 Å². The minimum absolute atomic E-state index is 0.298. The second kappa shape index (κ2) is 6.69. The molecule has 1 aliphatic rings. The molecule has 2 rings (SSSR count). The summed E-state index contributed by atoms with van der Waals surface area (Å²) in [6.07, 6.45) is 6.09. The van der Waals surface area contributed by atoms with Gasteiger partial charge in [-0.2, -0.15) is 0 Å². The molecule has 2 nitrogen and oxygen atoms in total. The third kappa shape index (κ3) is 3.95. The molecule has 0 saturated carbocycles. The molecule has 0 aliphatic carbocycles. The lowest BCUT2D eigenvalue weighted by Gasteiger charge is -2.16. The Kier molecular flexibility index (Phi) is 4.94. The minimum Gasteiger partial charge on any atom is -0.335 e. The Balaban J connectivity index is 1.82. The van der Waals surface area contributed by atoms with Crippen molar-refractivity contribution >= 4 is 5.78 Å². The number of rotatable bonds is 4. The zero-order valence-electron chi connectivity index (χ0n) is 11.4. The molecule has 0 unspecified atom stereocenters. The molecule has 18 heavy (non-hydrogen) atoms. The first-order chi connectivity index (χ1) is 8.75. The largest absolute Gasteiger partial charge is 0.335 e. The number of carbonyl (C=O) groups is 1. The van der Waals surface area contributed by atoms with Crippen molar-refractivity contribution in [1.29, 1.82) is 0 Å². The van der Waals surface area contributed by atoms with Gasteiger partial charge in [-0.05, 0) is 32.6 Å². The molecular formula is C16H24NO+. The van der Waals surface area contributed by atoms with Crippen LogP contribution in [0, 0.1) is 6.92 Å². The number of benzene rings is 1. The fourth-order valence-corrected chi connectivity index (χ4v) is 2.65. The lowest BCUT2D eigenvalue weighted by atomic mass is 10.1. The normalized spacial score (nSPS) is 17.4. The van der Waals surface area contributed by atoms with E-state index in [2.05, 4.69) is 6.92 Å². The third-order valence-corrected chi connectivity index (χ3v) is 3.89. The number of aryl methyl sites for hydroxylation is 1. The van der Waals surface area contributed by atoms with Gasteiger partial charge in [0.1, 0.15) is 0 Å². The maximum atomic E-state index is 12.1. The molecule has 1 saturated heterocycles. The van der Waals surface area contributed by atoms with E-state index >= 15 is 0 Å². The van der Waals surface area contributed by atoms with Crippen LogP contribution in [0.5, 0.6) is 0 Å². The lowest BCUT2D eigenvalue weighted by molar-refractivity contribution is -0.898. The Hall–Kier alpha value is -1.15. The molecule has 0 aromatic heterocycles. The molecule has 0 atom stereocenters. The molecule has 1 aromatic carbocycles. The Morgan fingerprint density at radius 2 is 1.67 bits per heavy atom. The van der Waals surface area contributed by atoms with Crippen molar-refractivity contribution < 1.29 is 9.69 Å². The Bertz CT molecular complexity index is 375. The van der Waals surface area contributed by atoms with Crippen LogP contribution in [-0.4, -0.2) is 25.4 Å². The van der Waals surface area contributed by atoms with Crippen molar-refractivity contribution in [1.82, 2.24) is 0 Å². The van der Waals surface area contributed by atoms with Crippen molar-refractivity contribution in [3.05, 3.63) is 35.4 Å². The molecular weight excluding hydrogens is 222 g/mol. The Morgan fingerprint density at radius 3 is 2.28 bits per heavy atom. The van der Waals surface area contributed by atoms with Gasteiger partial charge in [0.2, 0.25) is 0 Å². The number of Topliss-reactive ketones (excluding diaryl/α,β-unsaturated/α-hetero) is 1. The molecule has 1 heterocycles. The van der Waals surface area contributed by atoms with Gasteiger partial charge in [0.25, 0.3) is 0 Å². The van der Waals surface area contributed by atoms with Gasteiger partial charge in [-0.25, -0.2) is 0 Å². The predicted molar refractivity (Wildman–Crippen MR) is 74.2 cm³/mol. The number of ketones is 1. The summed E-state index contributed by atoms with van der Waals surface area (Å²) in [5.74, 6) is 0.298. The van der Waals surface area contributed by atoms with E-state index in [4.69, 9.17) is 0 Å². The minimum atomic E-state index is 0.298. The van der Waals surface area contributed by atoms with Crippen LogP contribution in [0.1, 0.15) is 48.0 Å². The first-order valence-corrected chi connectivity index (χ1v) is 7.19. The highest BCUT2D eigenvalue weighted by atomic mass is 16.1. The Morgan fingerprint density at radius 1 is 1.06 bits per heavy atom. The van der Waals surface area contributed by atoms with E-state index in [1.54, 1.807) is 4.90 Å². The van der Waals surface area contributed by atoms with Crippen LogP contribution < -0.4 is 4.90 Å². The highest BCUT2D eigenvalue weighted by Gasteiger charge is 2.14. The van der Waals surface area contributed by atoms with E-state index in [0.717, 1.165) is 12.1 Å². The Labute approximate surface area is 110 Å². The van der Waals surface area contributed by atoms with Gasteiger partial charge < -0.3 is 4.90 Å². The van der Waals surface area contributed by atoms with Crippen molar-refractivity contribution in [2.75, 3.05) is 19.6 Å². The number of nitrogens with one attached hydrogen (secondary N) is 1. The summed E-state index contributed by atoms with van der Waals surface area (Å²) in [4.78, 5) is 13.7. The first-order valence-electron chi connectivity index (χ1n) is 7.19. The van der Waals surface area contributed by atoms with Crippen LogP contribution in [0.25, 0.3) is 0 Å². The maximum Gasteiger partial charge on any atom is 0.168 e. The molecule has 0 amide bonds. The number of hydrogen-bond acceptors (Lipinski definition) is 1. The second-order valence-electron chi connectivity index (χ2n) is 5.45. The predicted octanol–water partition coefficient (Wildman–Crippen LogP) is 2.03. The van der Waals surface area contributed by atoms with E-state index in [0.29, 0.717) is 12.2 Å². The van der Waals surface area contributed by atoms with Crippen LogP contribution in [-0.2, 0) is 0 Å². The highest BCUT2D eigenvalue weighted by Crippen LogP contribution is 2.05. The van der Waals surface area contributed by atoms with Gasteiger partial charge in [0, 0.05) is 5.56 Å². The smallest absolute Gasteiger partial charge is 0.168 e. The van der Waals surface area contributed by atoms with Crippen LogP contribution in [0.4, 0.5) is 0 Å². The van der Waals surface area contributed by atoms with Crippen LogP contribution >= 0.6 is 0 Å². The van der Waals surface area contributed by atoms with Gasteiger partial charge in [-0.3, -0.25) is 4.79 Å². The SMILES string of the molecule is Cc1ccc(C(=O)CC[NH+]2CCCCCC2)cc1. The fourth-order valence-electron chi connectivity index (χ4n) is 2.65. The summed E-state index contributed by atoms with van der Waals surface area (Å²) in [7, 11) is 0. The topological polar surface area (TPSA) is 21.5 Å². The van der Waals surface area contributed by atoms with Gasteiger partial charge in [0.15, 0.2) is 5.78 Å². The van der Waals surface area contributed by atoms with E-state index < -0.39 is 0 Å². The molecule has 98 valence electrons. The zero-order valence-corrected chi connectivity index (χ0v) is 11.4. The fraction of sp³-hybridized carbons (Fsp3) is 0.562. The van der Waals surface area contributed by atoms with Gasteiger partial charge in [-0.1, -0.05) is 29.8 Å². The molecule has 0 bridgehead atoms. The summed E-state index contributed by atoms with van der Waals surface area (Å²) in [6, 6.07) is 7.95. The van der Waals surface area contributed by atoms with E-state index in [9.17, 15) is 4.79 Å². The average Bonchev–Trinajstić information content (AvgIpc) is 2.65. The number of quaternary nitrogens is 1. The molecule has 1 aliphatic heterocycles. The van der Waals surface area contributed by atoms with Crippen molar-refractivity contribution in [2.24, 2.45) is 0 Å². The average molecular weight is 246 g/mol. The lowest BCUT2D eigenvalue weighted by Crippen LogP contribution is -3.11. The van der Waals surface area contributed by atoms with Crippen molar-refractivity contribution in [3.63, 3.8) is 0 Å². The monoisotopic (exact) mass is 246 g/mol. The van der Waals surface area contributed by atoms with Crippen molar-refractivity contribution in [3.8, 4) is 0 Å². The molecule has 0 radical (unpaired) electrons. The molecule has 1 fully saturated rings. The third-order valence-electron chi connectivity index (χ3n) is 3.89. The van der Waals surface area contributed by atoms with Crippen molar-refractivity contribution in [2.45, 2.75) is 39.0 Å². The standard InChI is InChI=1S/C16H23NO/c1-14-6-8-15(9-7-14)16(18)10-13-17-11-4-2-3-5-12-17/h6-9H,2-5,10-13H2,1H3/p+1. The molecule has 1 N–H and O–H groups in total. The molecule has 2 heteroatoms. The van der Waals surface area contributed by atoms with Crippen LogP contribution in [0.15, 0.2) is 24.3 Å². The van der Waals surface area contributed by atoms with E-state index in [1.807, 2.05) is 24.3 Å². The van der Waals surface area contributed by atoms with E-state index in [-0.39, 0.29) is 0 Å². The zero-order chi connectivity index (χ0) is 12.8. The summed E-state index contributed by atoms with van der Waals surface area (Å²) in [5.41, 5.74) is 2.08. The number of carbonyl (C=O) groups excluding carboxylic acids is 1. The first kappa shape index (κ1) is 13.3. The van der Waals surface area contributed by atoms with E-state index in [1.165, 1.54) is 44.3 Å². The molecule has 1 aromatic rings. The second-order valence-corrected chi connectivity index (χ2v) is 5.45. The summed E-state index contributed by atoms with van der Waals surface area (Å²) in [6.45, 7) is 5.56. The summed E-state index contributed by atoms with van der Waals surface area (Å²) < 4.78 is 0. The summed E-state index contributed by atoms with van der Waals surface area (Å²) >= 11 is 0. The van der Waals surface area contributed by atoms with Gasteiger partial charge >= 0.3 is 0 Å². The van der Waals surface area contributed by atoms with Gasteiger partial charge in [-0.15, -0.1) is 0 Å². The molecule has 0 spiro atoms. The number of likely N-dealkylation sites (tertiary alicyclic amines) is 1. The number of hydrogen-bond donors (Lipinski definition) is 1.